The zero-order valence-electron chi connectivity index (χ0n) is 9.07. The number of nitrogens with zero attached hydrogens (tertiary/aromatic N) is 1. The van der Waals surface area contributed by atoms with Crippen molar-refractivity contribution in [2.45, 2.75) is 18.9 Å². The van der Waals surface area contributed by atoms with Crippen LogP contribution in [0.25, 0.3) is 0 Å². The Labute approximate surface area is 94.6 Å². The summed E-state index contributed by atoms with van der Waals surface area (Å²) in [6.45, 7) is 1.73. The van der Waals surface area contributed by atoms with Crippen LogP contribution in [0.1, 0.15) is 12.8 Å². The van der Waals surface area contributed by atoms with Gasteiger partial charge in [0.05, 0.1) is 0 Å². The summed E-state index contributed by atoms with van der Waals surface area (Å²) in [5.41, 5.74) is 0.756. The molecular formula is C11H16N4O. The fourth-order valence-corrected chi connectivity index (χ4v) is 1.76. The van der Waals surface area contributed by atoms with Crippen molar-refractivity contribution >= 4 is 11.7 Å². The molecule has 2 amide bonds. The van der Waals surface area contributed by atoms with Gasteiger partial charge in [-0.2, -0.15) is 0 Å². The van der Waals surface area contributed by atoms with Crippen molar-refractivity contribution in [3.05, 3.63) is 24.5 Å². The van der Waals surface area contributed by atoms with Crippen LogP contribution >= 0.6 is 0 Å². The Hall–Kier alpha value is -1.62. The minimum Gasteiger partial charge on any atom is -0.336 e. The van der Waals surface area contributed by atoms with Crippen molar-refractivity contribution in [1.82, 2.24) is 15.6 Å². The zero-order chi connectivity index (χ0) is 11.2. The van der Waals surface area contributed by atoms with Crippen LogP contribution < -0.4 is 16.0 Å². The van der Waals surface area contributed by atoms with Gasteiger partial charge in [0.15, 0.2) is 0 Å². The van der Waals surface area contributed by atoms with Crippen LogP contribution in [0.5, 0.6) is 0 Å². The molecule has 0 bridgehead atoms. The van der Waals surface area contributed by atoms with Gasteiger partial charge < -0.3 is 16.0 Å². The van der Waals surface area contributed by atoms with Gasteiger partial charge in [-0.25, -0.2) is 4.79 Å². The second-order valence-corrected chi connectivity index (χ2v) is 3.86. The van der Waals surface area contributed by atoms with E-state index in [1.54, 1.807) is 24.5 Å². The monoisotopic (exact) mass is 220 g/mol. The first-order chi connectivity index (χ1) is 7.84. The molecule has 0 radical (unpaired) electrons. The lowest BCUT2D eigenvalue weighted by Crippen LogP contribution is -2.39. The summed E-state index contributed by atoms with van der Waals surface area (Å²) < 4.78 is 0. The highest BCUT2D eigenvalue weighted by atomic mass is 16.2. The number of nitrogens with one attached hydrogen (secondary N) is 3. The van der Waals surface area contributed by atoms with Crippen LogP contribution in [-0.2, 0) is 0 Å². The van der Waals surface area contributed by atoms with E-state index in [4.69, 9.17) is 0 Å². The van der Waals surface area contributed by atoms with Crippen LogP contribution in [0.4, 0.5) is 10.5 Å². The second kappa shape index (κ2) is 5.46. The van der Waals surface area contributed by atoms with E-state index in [0.717, 1.165) is 18.7 Å². The molecule has 1 aromatic rings. The van der Waals surface area contributed by atoms with E-state index in [-0.39, 0.29) is 6.03 Å². The first kappa shape index (κ1) is 10.9. The molecule has 2 rings (SSSR count). The van der Waals surface area contributed by atoms with Gasteiger partial charge in [0.2, 0.25) is 0 Å². The molecule has 0 spiro atoms. The summed E-state index contributed by atoms with van der Waals surface area (Å²) in [4.78, 5) is 15.4. The Balaban J connectivity index is 1.72. The maximum absolute atomic E-state index is 11.5. The van der Waals surface area contributed by atoms with Crippen LogP contribution in [-0.4, -0.2) is 30.1 Å². The molecule has 0 saturated carbocycles. The highest BCUT2D eigenvalue weighted by Crippen LogP contribution is 2.04. The molecule has 1 atom stereocenters. The molecule has 1 aliphatic heterocycles. The fraction of sp³-hybridized carbons (Fsp3) is 0.455. The first-order valence-corrected chi connectivity index (χ1v) is 5.53. The quantitative estimate of drug-likeness (QED) is 0.710. The minimum absolute atomic E-state index is 0.167. The predicted molar refractivity (Wildman–Crippen MR) is 62.3 cm³/mol. The number of carbonyl (C=O) groups is 1. The van der Waals surface area contributed by atoms with E-state index >= 15 is 0 Å². The lowest BCUT2D eigenvalue weighted by molar-refractivity contribution is 0.251. The lowest BCUT2D eigenvalue weighted by Gasteiger charge is -2.12. The molecule has 1 unspecified atom stereocenters. The molecule has 16 heavy (non-hydrogen) atoms. The average molecular weight is 220 g/mol. The van der Waals surface area contributed by atoms with Gasteiger partial charge in [-0.05, 0) is 31.5 Å². The van der Waals surface area contributed by atoms with Gasteiger partial charge in [-0.1, -0.05) is 0 Å². The topological polar surface area (TPSA) is 66.1 Å². The van der Waals surface area contributed by atoms with Crippen LogP contribution in [0, 0.1) is 0 Å². The molecule has 0 aromatic carbocycles. The highest BCUT2D eigenvalue weighted by Gasteiger charge is 2.14. The molecule has 1 aliphatic rings. The number of anilines is 1. The van der Waals surface area contributed by atoms with Gasteiger partial charge in [0.1, 0.15) is 0 Å². The summed E-state index contributed by atoms with van der Waals surface area (Å²) >= 11 is 0. The number of urea groups is 1. The summed E-state index contributed by atoms with van der Waals surface area (Å²) in [5.74, 6) is 0. The lowest BCUT2D eigenvalue weighted by atomic mass is 10.2. The number of rotatable bonds is 3. The molecule has 2 heterocycles. The number of hydrogen-bond donors (Lipinski definition) is 3. The van der Waals surface area contributed by atoms with Gasteiger partial charge in [0, 0.05) is 30.7 Å². The van der Waals surface area contributed by atoms with Crippen molar-refractivity contribution in [2.24, 2.45) is 0 Å². The average Bonchev–Trinajstić information content (AvgIpc) is 2.81. The minimum atomic E-state index is -0.167. The normalized spacial score (nSPS) is 19.4. The van der Waals surface area contributed by atoms with E-state index in [1.807, 2.05) is 0 Å². The molecule has 5 nitrogen and oxygen atoms in total. The smallest absolute Gasteiger partial charge is 0.319 e. The highest BCUT2D eigenvalue weighted by molar-refractivity contribution is 5.89. The van der Waals surface area contributed by atoms with Crippen molar-refractivity contribution < 1.29 is 4.79 Å². The van der Waals surface area contributed by atoms with E-state index in [2.05, 4.69) is 20.9 Å². The van der Waals surface area contributed by atoms with Gasteiger partial charge in [0.25, 0.3) is 0 Å². The van der Waals surface area contributed by atoms with E-state index in [0.29, 0.717) is 12.6 Å². The third-order valence-electron chi connectivity index (χ3n) is 2.61. The molecule has 1 aromatic heterocycles. The Kier molecular flexibility index (Phi) is 3.71. The second-order valence-electron chi connectivity index (χ2n) is 3.86. The summed E-state index contributed by atoms with van der Waals surface area (Å²) in [5, 5.41) is 8.91. The SMILES string of the molecule is O=C(NCC1CCCN1)Nc1ccncc1. The third kappa shape index (κ3) is 3.20. The molecule has 86 valence electrons. The fourth-order valence-electron chi connectivity index (χ4n) is 1.76. The standard InChI is InChI=1S/C11H16N4O/c16-11(14-8-10-2-1-5-13-10)15-9-3-6-12-7-4-9/h3-4,6-7,10,13H,1-2,5,8H2,(H2,12,14,15,16). The number of amides is 2. The van der Waals surface area contributed by atoms with Crippen LogP contribution in [0.15, 0.2) is 24.5 Å². The molecule has 0 aliphatic carbocycles. The Morgan fingerprint density at radius 1 is 1.50 bits per heavy atom. The molecule has 1 saturated heterocycles. The van der Waals surface area contributed by atoms with Crippen LogP contribution in [0.2, 0.25) is 0 Å². The van der Waals surface area contributed by atoms with Crippen molar-refractivity contribution in [1.29, 1.82) is 0 Å². The Bertz CT molecular complexity index is 335. The van der Waals surface area contributed by atoms with Crippen molar-refractivity contribution in [3.63, 3.8) is 0 Å². The van der Waals surface area contributed by atoms with Crippen LogP contribution in [0.3, 0.4) is 0 Å². The molecule has 1 fully saturated rings. The van der Waals surface area contributed by atoms with E-state index in [9.17, 15) is 4.79 Å². The third-order valence-corrected chi connectivity index (χ3v) is 2.61. The van der Waals surface area contributed by atoms with Gasteiger partial charge >= 0.3 is 6.03 Å². The van der Waals surface area contributed by atoms with Gasteiger partial charge in [-0.3, -0.25) is 4.98 Å². The number of pyridine rings is 1. The summed E-state index contributed by atoms with van der Waals surface area (Å²) in [6.07, 6.45) is 5.62. The van der Waals surface area contributed by atoms with E-state index < -0.39 is 0 Å². The Morgan fingerprint density at radius 2 is 2.31 bits per heavy atom. The maximum atomic E-state index is 11.5. The number of aromatic nitrogens is 1. The first-order valence-electron chi connectivity index (χ1n) is 5.53. The number of hydrogen-bond acceptors (Lipinski definition) is 3. The summed E-state index contributed by atoms with van der Waals surface area (Å²) in [6, 6.07) is 3.77. The maximum Gasteiger partial charge on any atom is 0.319 e. The Morgan fingerprint density at radius 3 is 3.00 bits per heavy atom. The van der Waals surface area contributed by atoms with Gasteiger partial charge in [-0.15, -0.1) is 0 Å². The molecule has 3 N–H and O–H groups in total. The molecule has 5 heteroatoms. The summed E-state index contributed by atoms with van der Waals surface area (Å²) in [7, 11) is 0. The predicted octanol–water partition coefficient (Wildman–Crippen LogP) is 0.955. The largest absolute Gasteiger partial charge is 0.336 e. The molecular weight excluding hydrogens is 204 g/mol. The van der Waals surface area contributed by atoms with Crippen molar-refractivity contribution in [2.75, 3.05) is 18.4 Å². The zero-order valence-corrected chi connectivity index (χ0v) is 9.07. The van der Waals surface area contributed by atoms with Crippen molar-refractivity contribution in [3.8, 4) is 0 Å². The number of carbonyl (C=O) groups excluding carboxylic acids is 1. The van der Waals surface area contributed by atoms with E-state index in [1.165, 1.54) is 6.42 Å².